The van der Waals surface area contributed by atoms with E-state index in [1.807, 2.05) is 24.3 Å². The van der Waals surface area contributed by atoms with E-state index in [-0.39, 0.29) is 0 Å². The lowest BCUT2D eigenvalue weighted by atomic mass is 9.95. The second-order valence-corrected chi connectivity index (χ2v) is 5.87. The Labute approximate surface area is 127 Å². The maximum absolute atomic E-state index is 9.04. The van der Waals surface area contributed by atoms with Crippen molar-refractivity contribution in [1.29, 1.82) is 0 Å². The SMILES string of the molecule is NCc1ccc(OCCCN2CCCC(CCO)C2)cc1. The van der Waals surface area contributed by atoms with Crippen molar-refractivity contribution >= 4 is 0 Å². The molecule has 1 aromatic carbocycles. The number of ether oxygens (including phenoxy) is 1. The lowest BCUT2D eigenvalue weighted by Gasteiger charge is -2.32. The summed E-state index contributed by atoms with van der Waals surface area (Å²) in [7, 11) is 0. The van der Waals surface area contributed by atoms with E-state index in [4.69, 9.17) is 15.6 Å². The minimum Gasteiger partial charge on any atom is -0.494 e. The highest BCUT2D eigenvalue weighted by Gasteiger charge is 2.18. The number of rotatable bonds is 8. The number of aliphatic hydroxyl groups excluding tert-OH is 1. The van der Waals surface area contributed by atoms with Gasteiger partial charge in [-0.25, -0.2) is 0 Å². The minimum atomic E-state index is 0.320. The molecule has 2 rings (SSSR count). The lowest BCUT2D eigenvalue weighted by molar-refractivity contribution is 0.140. The standard InChI is InChI=1S/C17H28N2O2/c18-13-15-4-6-17(7-5-15)21-12-2-10-19-9-1-3-16(14-19)8-11-20/h4-7,16,20H,1-3,8-14,18H2. The molecular formula is C17H28N2O2. The zero-order valence-corrected chi connectivity index (χ0v) is 12.8. The number of likely N-dealkylation sites (tertiary alicyclic amines) is 1. The number of piperidine rings is 1. The Bertz CT molecular complexity index is 392. The molecule has 0 aromatic heterocycles. The molecule has 0 spiro atoms. The predicted molar refractivity (Wildman–Crippen MR) is 85.3 cm³/mol. The van der Waals surface area contributed by atoms with E-state index >= 15 is 0 Å². The normalized spacial score (nSPS) is 19.6. The van der Waals surface area contributed by atoms with Gasteiger partial charge in [0.15, 0.2) is 0 Å². The van der Waals surface area contributed by atoms with Gasteiger partial charge in [0.25, 0.3) is 0 Å². The summed E-state index contributed by atoms with van der Waals surface area (Å²) in [4.78, 5) is 2.50. The Morgan fingerprint density at radius 1 is 1.29 bits per heavy atom. The van der Waals surface area contributed by atoms with Crippen molar-refractivity contribution in [3.05, 3.63) is 29.8 Å². The summed E-state index contributed by atoms with van der Waals surface area (Å²) >= 11 is 0. The molecule has 1 aliphatic heterocycles. The number of aliphatic hydroxyl groups is 1. The smallest absolute Gasteiger partial charge is 0.119 e. The van der Waals surface area contributed by atoms with E-state index in [1.54, 1.807) is 0 Å². The topological polar surface area (TPSA) is 58.7 Å². The van der Waals surface area contributed by atoms with Gasteiger partial charge in [-0.15, -0.1) is 0 Å². The average Bonchev–Trinajstić information content (AvgIpc) is 2.53. The summed E-state index contributed by atoms with van der Waals surface area (Å²) in [5, 5.41) is 9.04. The van der Waals surface area contributed by atoms with Crippen molar-refractivity contribution < 1.29 is 9.84 Å². The highest BCUT2D eigenvalue weighted by molar-refractivity contribution is 5.26. The minimum absolute atomic E-state index is 0.320. The predicted octanol–water partition coefficient (Wildman–Crippen LogP) is 2.01. The van der Waals surface area contributed by atoms with E-state index in [9.17, 15) is 0 Å². The van der Waals surface area contributed by atoms with Crippen LogP contribution < -0.4 is 10.5 Å². The largest absolute Gasteiger partial charge is 0.494 e. The summed E-state index contributed by atoms with van der Waals surface area (Å²) in [5.41, 5.74) is 6.71. The van der Waals surface area contributed by atoms with E-state index < -0.39 is 0 Å². The molecule has 0 aliphatic carbocycles. The first-order chi connectivity index (χ1) is 10.3. The molecule has 1 aliphatic rings. The van der Waals surface area contributed by atoms with Crippen LogP contribution in [0.4, 0.5) is 0 Å². The molecule has 0 bridgehead atoms. The van der Waals surface area contributed by atoms with Crippen molar-refractivity contribution in [2.24, 2.45) is 11.7 Å². The van der Waals surface area contributed by atoms with Crippen molar-refractivity contribution in [3.8, 4) is 5.75 Å². The fourth-order valence-electron chi connectivity index (χ4n) is 2.97. The fraction of sp³-hybridized carbons (Fsp3) is 0.647. The first kappa shape index (κ1) is 16.3. The molecule has 0 radical (unpaired) electrons. The van der Waals surface area contributed by atoms with Crippen LogP contribution in [0, 0.1) is 5.92 Å². The van der Waals surface area contributed by atoms with Gasteiger partial charge in [-0.3, -0.25) is 0 Å². The van der Waals surface area contributed by atoms with Crippen molar-refractivity contribution in [3.63, 3.8) is 0 Å². The van der Waals surface area contributed by atoms with Crippen molar-refractivity contribution in [1.82, 2.24) is 4.90 Å². The van der Waals surface area contributed by atoms with Gasteiger partial charge in [0.2, 0.25) is 0 Å². The lowest BCUT2D eigenvalue weighted by Crippen LogP contribution is -2.36. The number of hydrogen-bond acceptors (Lipinski definition) is 4. The van der Waals surface area contributed by atoms with Crippen LogP contribution in [0.2, 0.25) is 0 Å². The molecule has 1 unspecified atom stereocenters. The number of nitrogens with zero attached hydrogens (tertiary/aromatic N) is 1. The second kappa shape index (κ2) is 9.03. The molecule has 1 fully saturated rings. The fourth-order valence-corrected chi connectivity index (χ4v) is 2.97. The summed E-state index contributed by atoms with van der Waals surface area (Å²) in [6.07, 6.45) is 4.51. The van der Waals surface area contributed by atoms with Gasteiger partial charge < -0.3 is 20.5 Å². The molecule has 1 aromatic rings. The molecular weight excluding hydrogens is 264 g/mol. The van der Waals surface area contributed by atoms with E-state index in [1.165, 1.54) is 19.4 Å². The second-order valence-electron chi connectivity index (χ2n) is 5.87. The van der Waals surface area contributed by atoms with Crippen LogP contribution in [0.1, 0.15) is 31.2 Å². The Balaban J connectivity index is 1.62. The van der Waals surface area contributed by atoms with Gasteiger partial charge in [0.05, 0.1) is 6.61 Å². The third kappa shape index (κ3) is 5.65. The number of hydrogen-bond donors (Lipinski definition) is 2. The first-order valence-corrected chi connectivity index (χ1v) is 8.07. The van der Waals surface area contributed by atoms with E-state index in [2.05, 4.69) is 4.90 Å². The molecule has 4 nitrogen and oxygen atoms in total. The highest BCUT2D eigenvalue weighted by Crippen LogP contribution is 2.19. The Morgan fingerprint density at radius 3 is 2.81 bits per heavy atom. The van der Waals surface area contributed by atoms with Gasteiger partial charge in [0.1, 0.15) is 5.75 Å². The van der Waals surface area contributed by atoms with Crippen LogP contribution in [0.25, 0.3) is 0 Å². The monoisotopic (exact) mass is 292 g/mol. The van der Waals surface area contributed by atoms with E-state index in [0.29, 0.717) is 19.1 Å². The molecule has 4 heteroatoms. The zero-order chi connectivity index (χ0) is 14.9. The Morgan fingerprint density at radius 2 is 2.10 bits per heavy atom. The third-order valence-corrected chi connectivity index (χ3v) is 4.19. The number of nitrogens with two attached hydrogens (primary N) is 1. The summed E-state index contributed by atoms with van der Waals surface area (Å²) in [6, 6.07) is 8.00. The molecule has 118 valence electrons. The molecule has 1 saturated heterocycles. The third-order valence-electron chi connectivity index (χ3n) is 4.19. The summed E-state index contributed by atoms with van der Waals surface area (Å²) < 4.78 is 5.76. The van der Waals surface area contributed by atoms with Crippen LogP contribution in [-0.4, -0.2) is 42.9 Å². The Hall–Kier alpha value is -1.10. The maximum Gasteiger partial charge on any atom is 0.119 e. The zero-order valence-electron chi connectivity index (χ0n) is 12.8. The van der Waals surface area contributed by atoms with Gasteiger partial charge in [0, 0.05) is 26.2 Å². The maximum atomic E-state index is 9.04. The van der Waals surface area contributed by atoms with Crippen molar-refractivity contribution in [2.45, 2.75) is 32.2 Å². The highest BCUT2D eigenvalue weighted by atomic mass is 16.5. The van der Waals surface area contributed by atoms with Gasteiger partial charge in [-0.2, -0.15) is 0 Å². The van der Waals surface area contributed by atoms with Crippen molar-refractivity contribution in [2.75, 3.05) is 32.8 Å². The molecule has 3 N–H and O–H groups in total. The van der Waals surface area contributed by atoms with Crippen LogP contribution >= 0.6 is 0 Å². The summed E-state index contributed by atoms with van der Waals surface area (Å²) in [5.74, 6) is 1.59. The first-order valence-electron chi connectivity index (χ1n) is 8.07. The average molecular weight is 292 g/mol. The molecule has 1 heterocycles. The molecule has 0 amide bonds. The van der Waals surface area contributed by atoms with Gasteiger partial charge in [-0.1, -0.05) is 12.1 Å². The van der Waals surface area contributed by atoms with Crippen LogP contribution in [0.5, 0.6) is 5.75 Å². The van der Waals surface area contributed by atoms with Gasteiger partial charge >= 0.3 is 0 Å². The van der Waals surface area contributed by atoms with Crippen LogP contribution in [0.3, 0.4) is 0 Å². The quantitative estimate of drug-likeness (QED) is 0.720. The molecule has 0 saturated carbocycles. The molecule has 21 heavy (non-hydrogen) atoms. The van der Waals surface area contributed by atoms with E-state index in [0.717, 1.165) is 43.9 Å². The van der Waals surface area contributed by atoms with Crippen LogP contribution in [-0.2, 0) is 6.54 Å². The molecule has 1 atom stereocenters. The van der Waals surface area contributed by atoms with Gasteiger partial charge in [-0.05, 0) is 55.8 Å². The Kier molecular flexibility index (Phi) is 7.00. The van der Waals surface area contributed by atoms with Crippen LogP contribution in [0.15, 0.2) is 24.3 Å². The number of benzene rings is 1. The summed E-state index contributed by atoms with van der Waals surface area (Å²) in [6.45, 7) is 5.05.